The summed E-state index contributed by atoms with van der Waals surface area (Å²) >= 11 is 48.8. The summed E-state index contributed by atoms with van der Waals surface area (Å²) in [5, 5.41) is 27.5. The summed E-state index contributed by atoms with van der Waals surface area (Å²) in [6.07, 6.45) is 0. The third kappa shape index (κ3) is 13.0. The standard InChI is InChI=1S/C42H30Cl8N8O6/c1-17-5-34(54-42(64)38(20(4)60)58-56-28-10-22(8-24(44)12-28)40(62)52-26-15-31(47)36(50)32(48)16-26)18(2)6-33(17)53-41(63)37(19(3)59)57-55-27-9-21(7-23(43)11-27)39(61)51-25-13-29(45)35(49)30(46)14-25/h5-16,37-38H,1-4H3,(H,51,61)(H,52,62)(H,53,63)(H,54,64). The van der Waals surface area contributed by atoms with Gasteiger partial charge in [0.25, 0.3) is 23.6 Å². The van der Waals surface area contributed by atoms with Crippen LogP contribution in [-0.2, 0) is 19.2 Å². The molecule has 0 heterocycles. The van der Waals surface area contributed by atoms with E-state index < -0.39 is 47.3 Å². The molecule has 2 atom stereocenters. The zero-order valence-corrected chi connectivity index (χ0v) is 39.4. The Hall–Kier alpha value is -5.16. The van der Waals surface area contributed by atoms with Crippen LogP contribution in [0.15, 0.2) is 93.3 Å². The van der Waals surface area contributed by atoms with Crippen molar-refractivity contribution in [1.82, 2.24) is 0 Å². The quantitative estimate of drug-likeness (QED) is 0.0484. The van der Waals surface area contributed by atoms with Crippen molar-refractivity contribution in [2.75, 3.05) is 21.3 Å². The zero-order chi connectivity index (χ0) is 47.2. The van der Waals surface area contributed by atoms with Gasteiger partial charge in [-0.2, -0.15) is 20.5 Å². The molecule has 0 aliphatic heterocycles. The fraction of sp³-hybridized carbons (Fsp3) is 0.143. The minimum Gasteiger partial charge on any atom is -0.324 e. The SMILES string of the molecule is CC(=O)C(N=Nc1cc(Cl)cc(C(=O)Nc2cc(Cl)c(Cl)c(Cl)c2)c1)C(=O)Nc1cc(C)c(NC(=O)C(N=Nc2cc(Cl)cc(C(=O)Nc3cc(Cl)c(Cl)c(Cl)c3)c2)C(C)=O)cc1C. The van der Waals surface area contributed by atoms with Crippen LogP contribution in [0.1, 0.15) is 45.7 Å². The Morgan fingerprint density at radius 2 is 0.781 bits per heavy atom. The van der Waals surface area contributed by atoms with Crippen LogP contribution in [-0.4, -0.2) is 47.3 Å². The Morgan fingerprint density at radius 1 is 0.453 bits per heavy atom. The summed E-state index contributed by atoms with van der Waals surface area (Å²) in [5.41, 5.74) is 2.23. The van der Waals surface area contributed by atoms with Gasteiger partial charge >= 0.3 is 0 Å². The predicted octanol–water partition coefficient (Wildman–Crippen LogP) is 13.4. The number of ketones is 2. The number of halogens is 8. The molecule has 14 nitrogen and oxygen atoms in total. The van der Waals surface area contributed by atoms with Crippen molar-refractivity contribution < 1.29 is 28.8 Å². The zero-order valence-electron chi connectivity index (χ0n) is 33.3. The number of anilines is 4. The normalized spacial score (nSPS) is 12.2. The Kier molecular flexibility index (Phi) is 16.9. The summed E-state index contributed by atoms with van der Waals surface area (Å²) < 4.78 is 0. The van der Waals surface area contributed by atoms with Crippen LogP contribution in [0, 0.1) is 13.8 Å². The molecule has 2 unspecified atom stereocenters. The second kappa shape index (κ2) is 21.7. The molecular formula is C42H30Cl8N8O6. The first-order valence-electron chi connectivity index (χ1n) is 18.2. The van der Waals surface area contributed by atoms with Gasteiger partial charge in [-0.3, -0.25) is 28.8 Å². The van der Waals surface area contributed by atoms with Crippen LogP contribution < -0.4 is 21.3 Å². The second-order valence-electron chi connectivity index (χ2n) is 13.7. The molecule has 0 aromatic heterocycles. The third-order valence-electron chi connectivity index (χ3n) is 8.70. The minimum absolute atomic E-state index is 0.0616. The lowest BCUT2D eigenvalue weighted by Crippen LogP contribution is -2.32. The van der Waals surface area contributed by atoms with Gasteiger partial charge in [-0.15, -0.1) is 0 Å². The number of azo groups is 2. The number of aryl methyl sites for hydroxylation is 2. The second-order valence-corrected chi connectivity index (χ2v) is 17.0. The molecule has 0 fully saturated rings. The lowest BCUT2D eigenvalue weighted by atomic mass is 10.1. The summed E-state index contributed by atoms with van der Waals surface area (Å²) in [4.78, 5) is 78.1. The highest BCUT2D eigenvalue weighted by molar-refractivity contribution is 6.49. The fourth-order valence-electron chi connectivity index (χ4n) is 5.56. The topological polar surface area (TPSA) is 200 Å². The van der Waals surface area contributed by atoms with Gasteiger partial charge in [0, 0.05) is 43.9 Å². The van der Waals surface area contributed by atoms with Crippen LogP contribution in [0.5, 0.6) is 0 Å². The Labute approximate surface area is 405 Å². The third-order valence-corrected chi connectivity index (χ3v) is 11.5. The molecule has 5 aromatic rings. The first-order chi connectivity index (χ1) is 30.1. The van der Waals surface area contributed by atoms with E-state index >= 15 is 0 Å². The predicted molar refractivity (Wildman–Crippen MR) is 253 cm³/mol. The number of nitrogens with one attached hydrogen (secondary N) is 4. The van der Waals surface area contributed by atoms with E-state index in [0.29, 0.717) is 11.1 Å². The van der Waals surface area contributed by atoms with Gasteiger partial charge < -0.3 is 21.3 Å². The van der Waals surface area contributed by atoms with Crippen molar-refractivity contribution >= 4 is 162 Å². The summed E-state index contributed by atoms with van der Waals surface area (Å²) in [6, 6.07) is 13.6. The molecule has 0 bridgehead atoms. The van der Waals surface area contributed by atoms with Gasteiger partial charge in [0.15, 0.2) is 11.6 Å². The molecule has 0 radical (unpaired) electrons. The molecule has 4 amide bonds. The lowest BCUT2D eigenvalue weighted by molar-refractivity contribution is -0.127. The van der Waals surface area contributed by atoms with Crippen LogP contribution in [0.3, 0.4) is 0 Å². The van der Waals surface area contributed by atoms with Crippen molar-refractivity contribution in [2.45, 2.75) is 39.8 Å². The summed E-state index contributed by atoms with van der Waals surface area (Å²) in [7, 11) is 0. The molecule has 0 spiro atoms. The van der Waals surface area contributed by atoms with E-state index in [1.807, 2.05) is 0 Å². The molecule has 22 heteroatoms. The molecule has 0 aliphatic carbocycles. The maximum atomic E-state index is 13.4. The number of Topliss-reactive ketones (excluding diaryl/α,β-unsaturated/α-hetero) is 2. The molecule has 0 saturated carbocycles. The molecule has 0 saturated heterocycles. The minimum atomic E-state index is -1.61. The first kappa shape index (κ1) is 49.8. The number of nitrogens with zero attached hydrogens (tertiary/aromatic N) is 4. The summed E-state index contributed by atoms with van der Waals surface area (Å²) in [5.74, 6) is -4.17. The molecule has 330 valence electrons. The molecule has 0 aliphatic rings. The van der Waals surface area contributed by atoms with E-state index in [9.17, 15) is 28.8 Å². The Morgan fingerprint density at radius 3 is 1.09 bits per heavy atom. The van der Waals surface area contributed by atoms with Crippen molar-refractivity contribution in [2.24, 2.45) is 20.5 Å². The number of benzene rings is 5. The van der Waals surface area contributed by atoms with E-state index in [1.54, 1.807) is 13.8 Å². The molecule has 64 heavy (non-hydrogen) atoms. The summed E-state index contributed by atoms with van der Waals surface area (Å²) in [6.45, 7) is 5.57. The number of hydrogen-bond donors (Lipinski definition) is 4. The van der Waals surface area contributed by atoms with Crippen molar-refractivity contribution in [3.8, 4) is 0 Å². The number of rotatable bonds is 14. The van der Waals surface area contributed by atoms with Gasteiger partial charge in [-0.25, -0.2) is 0 Å². The van der Waals surface area contributed by atoms with Crippen molar-refractivity contribution in [3.63, 3.8) is 0 Å². The number of carbonyl (C=O) groups excluding carboxylic acids is 6. The molecular weight excluding hydrogens is 996 g/mol. The van der Waals surface area contributed by atoms with E-state index in [4.69, 9.17) is 92.8 Å². The van der Waals surface area contributed by atoms with E-state index in [1.165, 1.54) is 72.8 Å². The number of amides is 4. The van der Waals surface area contributed by atoms with E-state index in [-0.39, 0.29) is 85.4 Å². The maximum Gasteiger partial charge on any atom is 0.258 e. The van der Waals surface area contributed by atoms with Crippen LogP contribution in [0.2, 0.25) is 40.2 Å². The van der Waals surface area contributed by atoms with Crippen LogP contribution in [0.4, 0.5) is 34.1 Å². The highest BCUT2D eigenvalue weighted by Gasteiger charge is 2.26. The fourth-order valence-corrected chi connectivity index (χ4v) is 7.21. The average molecular weight is 1030 g/mol. The van der Waals surface area contributed by atoms with Gasteiger partial charge in [0.1, 0.15) is 0 Å². The highest BCUT2D eigenvalue weighted by atomic mass is 35.5. The van der Waals surface area contributed by atoms with Crippen LogP contribution in [0.25, 0.3) is 0 Å². The largest absolute Gasteiger partial charge is 0.324 e. The van der Waals surface area contributed by atoms with Gasteiger partial charge in [-0.05, 0) is 112 Å². The van der Waals surface area contributed by atoms with E-state index in [2.05, 4.69) is 41.7 Å². The number of hydrogen-bond acceptors (Lipinski definition) is 10. The van der Waals surface area contributed by atoms with E-state index in [0.717, 1.165) is 13.8 Å². The van der Waals surface area contributed by atoms with Crippen LogP contribution >= 0.6 is 92.8 Å². The van der Waals surface area contributed by atoms with Crippen molar-refractivity contribution in [3.05, 3.63) is 135 Å². The monoisotopic (exact) mass is 1020 g/mol. The molecule has 5 aromatic carbocycles. The highest BCUT2D eigenvalue weighted by Crippen LogP contribution is 2.35. The molecule has 5 rings (SSSR count). The van der Waals surface area contributed by atoms with Gasteiger partial charge in [0.05, 0.1) is 41.5 Å². The van der Waals surface area contributed by atoms with Gasteiger partial charge in [0.2, 0.25) is 12.1 Å². The first-order valence-corrected chi connectivity index (χ1v) is 21.2. The van der Waals surface area contributed by atoms with Gasteiger partial charge in [-0.1, -0.05) is 92.8 Å². The Bertz CT molecular complexity index is 2590. The molecule has 4 N–H and O–H groups in total. The maximum absolute atomic E-state index is 13.4. The average Bonchev–Trinajstić information content (AvgIpc) is 3.20. The van der Waals surface area contributed by atoms with Crippen molar-refractivity contribution in [1.29, 1.82) is 0 Å². The Balaban J connectivity index is 1.26. The number of carbonyl (C=O) groups is 6. The smallest absolute Gasteiger partial charge is 0.258 e. The lowest BCUT2D eigenvalue weighted by Gasteiger charge is -2.16.